The number of aryl methyl sites for hydroxylation is 2. The molecule has 4 rings (SSSR count). The first-order valence-corrected chi connectivity index (χ1v) is 10.0. The molecule has 4 aromatic rings. The largest absolute Gasteiger partial charge is 0.382 e. The minimum Gasteiger partial charge on any atom is -0.382 e. The van der Waals surface area contributed by atoms with Crippen LogP contribution in [0.1, 0.15) is 50.5 Å². The molecule has 0 aliphatic carbocycles. The molecule has 0 fully saturated rings. The summed E-state index contributed by atoms with van der Waals surface area (Å²) in [5.74, 6) is 0.143. The minimum absolute atomic E-state index is 0.143. The van der Waals surface area contributed by atoms with Gasteiger partial charge in [-0.3, -0.25) is 0 Å². The molecule has 27 heavy (non-hydrogen) atoms. The number of hydrogen-bond donors (Lipinski definition) is 2. The van der Waals surface area contributed by atoms with Crippen molar-refractivity contribution in [2.24, 2.45) is 0 Å². The Kier molecular flexibility index (Phi) is 4.97. The molecule has 0 saturated heterocycles. The lowest BCUT2D eigenvalue weighted by Crippen LogP contribution is -2.04. The van der Waals surface area contributed by atoms with E-state index < -0.39 is 6.10 Å². The number of thiophene rings is 1. The molecule has 2 atom stereocenters. The van der Waals surface area contributed by atoms with Gasteiger partial charge in [-0.1, -0.05) is 65.7 Å². The van der Waals surface area contributed by atoms with E-state index in [9.17, 15) is 5.11 Å². The summed E-state index contributed by atoms with van der Waals surface area (Å²) in [4.78, 5) is 4.77. The fourth-order valence-corrected chi connectivity index (χ4v) is 4.27. The van der Waals surface area contributed by atoms with Crippen LogP contribution in [0.2, 0.25) is 0 Å². The Morgan fingerprint density at radius 1 is 0.741 bits per heavy atom. The van der Waals surface area contributed by atoms with Gasteiger partial charge < -0.3 is 10.1 Å². The maximum atomic E-state index is 10.8. The summed E-state index contributed by atoms with van der Waals surface area (Å²) >= 11 is 1.76. The third-order valence-corrected chi connectivity index (χ3v) is 5.91. The fraction of sp³-hybridized carbons (Fsp3) is 0.167. The standard InChI is InChI=1S/C24H23NOS/c1-16-5-9-18(10-6-16)23(22-4-3-15-27-22)20-13-14-21(25-20)24(26)19-11-7-17(2)8-12-19/h3-15,23-26H,1-2H3. The zero-order chi connectivity index (χ0) is 18.8. The Bertz CT molecular complexity index is 997. The molecule has 2 N–H and O–H groups in total. The van der Waals surface area contributed by atoms with Gasteiger partial charge in [-0.05, 0) is 48.6 Å². The van der Waals surface area contributed by atoms with Crippen LogP contribution < -0.4 is 0 Å². The van der Waals surface area contributed by atoms with E-state index in [1.165, 1.54) is 21.6 Å². The number of rotatable bonds is 5. The molecule has 0 spiro atoms. The highest BCUT2D eigenvalue weighted by Gasteiger charge is 2.21. The van der Waals surface area contributed by atoms with Crippen LogP contribution in [-0.2, 0) is 0 Å². The highest BCUT2D eigenvalue weighted by Crippen LogP contribution is 2.35. The van der Waals surface area contributed by atoms with Crippen molar-refractivity contribution in [1.82, 2.24) is 4.98 Å². The molecule has 0 saturated carbocycles. The Labute approximate surface area is 164 Å². The number of aliphatic hydroxyl groups is 1. The number of H-pyrrole nitrogens is 1. The van der Waals surface area contributed by atoms with E-state index in [4.69, 9.17) is 0 Å². The van der Waals surface area contributed by atoms with E-state index in [1.807, 2.05) is 30.3 Å². The summed E-state index contributed by atoms with van der Waals surface area (Å²) in [5.41, 5.74) is 6.52. The quantitative estimate of drug-likeness (QED) is 0.445. The Morgan fingerprint density at radius 3 is 1.93 bits per heavy atom. The van der Waals surface area contributed by atoms with Gasteiger partial charge in [0.05, 0.1) is 5.92 Å². The number of aromatic amines is 1. The normalized spacial score (nSPS) is 13.4. The maximum Gasteiger partial charge on any atom is 0.119 e. The van der Waals surface area contributed by atoms with Gasteiger partial charge >= 0.3 is 0 Å². The zero-order valence-corrected chi connectivity index (χ0v) is 16.3. The predicted octanol–water partition coefficient (Wildman–Crippen LogP) is 5.95. The van der Waals surface area contributed by atoms with Gasteiger partial charge in [-0.2, -0.15) is 0 Å². The van der Waals surface area contributed by atoms with Crippen molar-refractivity contribution in [3.8, 4) is 0 Å². The lowest BCUT2D eigenvalue weighted by molar-refractivity contribution is 0.216. The molecule has 2 aromatic heterocycles. The smallest absolute Gasteiger partial charge is 0.119 e. The first-order valence-electron chi connectivity index (χ1n) is 9.15. The van der Waals surface area contributed by atoms with Crippen LogP contribution in [0, 0.1) is 13.8 Å². The van der Waals surface area contributed by atoms with Crippen molar-refractivity contribution in [3.05, 3.63) is 117 Å². The summed E-state index contributed by atoms with van der Waals surface area (Å²) in [7, 11) is 0. The molecule has 2 aromatic carbocycles. The van der Waals surface area contributed by atoms with Crippen molar-refractivity contribution >= 4 is 11.3 Å². The molecule has 136 valence electrons. The van der Waals surface area contributed by atoms with Gasteiger partial charge in [0, 0.05) is 16.3 Å². The van der Waals surface area contributed by atoms with Crippen molar-refractivity contribution in [3.63, 3.8) is 0 Å². The lowest BCUT2D eigenvalue weighted by atomic mass is 9.93. The van der Waals surface area contributed by atoms with Crippen LogP contribution >= 0.6 is 11.3 Å². The van der Waals surface area contributed by atoms with Crippen LogP contribution in [-0.4, -0.2) is 10.1 Å². The third-order valence-electron chi connectivity index (χ3n) is 4.97. The van der Waals surface area contributed by atoms with Gasteiger partial charge in [-0.15, -0.1) is 11.3 Å². The predicted molar refractivity (Wildman–Crippen MR) is 112 cm³/mol. The highest BCUT2D eigenvalue weighted by molar-refractivity contribution is 7.10. The first kappa shape index (κ1) is 17.8. The number of nitrogens with one attached hydrogen (secondary N) is 1. The number of aliphatic hydroxyl groups excluding tert-OH is 1. The second-order valence-corrected chi connectivity index (χ2v) is 8.02. The molecule has 3 heteroatoms. The van der Waals surface area contributed by atoms with E-state index in [1.54, 1.807) is 11.3 Å². The fourth-order valence-electron chi connectivity index (χ4n) is 3.40. The van der Waals surface area contributed by atoms with Crippen molar-refractivity contribution in [1.29, 1.82) is 0 Å². The summed E-state index contributed by atoms with van der Waals surface area (Å²) in [6.07, 6.45) is -0.652. The molecule has 2 heterocycles. The maximum absolute atomic E-state index is 10.8. The lowest BCUT2D eigenvalue weighted by Gasteiger charge is -2.16. The molecular weight excluding hydrogens is 350 g/mol. The summed E-state index contributed by atoms with van der Waals surface area (Å²) in [5, 5.41) is 12.9. The molecular formula is C24H23NOS. The molecule has 0 bridgehead atoms. The Hall–Kier alpha value is -2.62. The van der Waals surface area contributed by atoms with E-state index in [-0.39, 0.29) is 5.92 Å². The van der Waals surface area contributed by atoms with Crippen LogP contribution in [0.25, 0.3) is 0 Å². The zero-order valence-electron chi connectivity index (χ0n) is 15.5. The van der Waals surface area contributed by atoms with Crippen molar-refractivity contribution in [2.45, 2.75) is 25.9 Å². The minimum atomic E-state index is -0.652. The molecule has 0 aliphatic rings. The summed E-state index contributed by atoms with van der Waals surface area (Å²) in [6.45, 7) is 4.16. The highest BCUT2D eigenvalue weighted by atomic mass is 32.1. The second kappa shape index (κ2) is 7.55. The Balaban J connectivity index is 1.70. The van der Waals surface area contributed by atoms with E-state index in [2.05, 4.69) is 66.7 Å². The van der Waals surface area contributed by atoms with Crippen LogP contribution in [0.4, 0.5) is 0 Å². The summed E-state index contributed by atoms with van der Waals surface area (Å²) < 4.78 is 0. The van der Waals surface area contributed by atoms with E-state index >= 15 is 0 Å². The van der Waals surface area contributed by atoms with Crippen LogP contribution in [0.5, 0.6) is 0 Å². The van der Waals surface area contributed by atoms with Gasteiger partial charge in [0.25, 0.3) is 0 Å². The van der Waals surface area contributed by atoms with Gasteiger partial charge in [0.15, 0.2) is 0 Å². The summed E-state index contributed by atoms with van der Waals surface area (Å²) in [6, 6.07) is 25.1. The first-order chi connectivity index (χ1) is 13.1. The second-order valence-electron chi connectivity index (χ2n) is 7.04. The molecule has 2 nitrogen and oxygen atoms in total. The molecule has 2 unspecified atom stereocenters. The number of benzene rings is 2. The van der Waals surface area contributed by atoms with E-state index in [0.717, 1.165) is 17.0 Å². The average Bonchev–Trinajstić information content (AvgIpc) is 3.36. The monoisotopic (exact) mass is 373 g/mol. The van der Waals surface area contributed by atoms with E-state index in [0.29, 0.717) is 0 Å². The van der Waals surface area contributed by atoms with Gasteiger partial charge in [0.1, 0.15) is 6.10 Å². The van der Waals surface area contributed by atoms with Crippen LogP contribution in [0.3, 0.4) is 0 Å². The van der Waals surface area contributed by atoms with Crippen LogP contribution in [0.15, 0.2) is 78.2 Å². The average molecular weight is 374 g/mol. The van der Waals surface area contributed by atoms with Crippen molar-refractivity contribution in [2.75, 3.05) is 0 Å². The SMILES string of the molecule is Cc1ccc(C(O)c2ccc(C(c3ccc(C)cc3)c3cccs3)[nH]2)cc1. The molecule has 0 aliphatic heterocycles. The number of aromatic nitrogens is 1. The van der Waals surface area contributed by atoms with Gasteiger partial charge in [0.2, 0.25) is 0 Å². The molecule has 0 amide bonds. The molecule has 0 radical (unpaired) electrons. The third kappa shape index (κ3) is 3.75. The Morgan fingerprint density at radius 2 is 1.33 bits per heavy atom. The number of hydrogen-bond acceptors (Lipinski definition) is 2. The van der Waals surface area contributed by atoms with Gasteiger partial charge in [-0.25, -0.2) is 0 Å². The topological polar surface area (TPSA) is 36.0 Å². The van der Waals surface area contributed by atoms with Crippen molar-refractivity contribution < 1.29 is 5.11 Å².